The molecule has 0 radical (unpaired) electrons. The molecule has 17 heavy (non-hydrogen) atoms. The molecule has 1 aromatic rings. The summed E-state index contributed by atoms with van der Waals surface area (Å²) in [6.45, 7) is 3.03. The predicted molar refractivity (Wildman–Crippen MR) is 67.7 cm³/mol. The van der Waals surface area contributed by atoms with Gasteiger partial charge in [0.05, 0.1) is 14.2 Å². The predicted octanol–water partition coefficient (Wildman–Crippen LogP) is 1.74. The molecule has 2 N–H and O–H groups in total. The number of hydrogen-bond donors (Lipinski definition) is 2. The van der Waals surface area contributed by atoms with Gasteiger partial charge < -0.3 is 19.9 Å². The highest BCUT2D eigenvalue weighted by molar-refractivity contribution is 5.42. The van der Waals surface area contributed by atoms with E-state index in [0.29, 0.717) is 6.42 Å². The van der Waals surface area contributed by atoms with Crippen molar-refractivity contribution in [3.63, 3.8) is 0 Å². The van der Waals surface area contributed by atoms with Gasteiger partial charge in [0, 0.05) is 24.3 Å². The maximum Gasteiger partial charge on any atom is 0.127 e. The van der Waals surface area contributed by atoms with Crippen LogP contribution in [-0.2, 0) is 0 Å². The Morgan fingerprint density at radius 2 is 2.06 bits per heavy atom. The lowest BCUT2D eigenvalue weighted by Gasteiger charge is -2.20. The fourth-order valence-electron chi connectivity index (χ4n) is 1.85. The molecule has 1 aromatic carbocycles. The van der Waals surface area contributed by atoms with Crippen molar-refractivity contribution in [2.45, 2.75) is 19.4 Å². The van der Waals surface area contributed by atoms with Gasteiger partial charge in [-0.05, 0) is 19.0 Å². The van der Waals surface area contributed by atoms with Crippen LogP contribution in [0.15, 0.2) is 18.2 Å². The van der Waals surface area contributed by atoms with Crippen molar-refractivity contribution in [3.8, 4) is 11.5 Å². The molecule has 0 saturated heterocycles. The lowest BCUT2D eigenvalue weighted by molar-refractivity contribution is 0.264. The molecule has 1 rings (SSSR count). The zero-order chi connectivity index (χ0) is 12.7. The van der Waals surface area contributed by atoms with Crippen LogP contribution in [-0.4, -0.2) is 32.5 Å². The maximum absolute atomic E-state index is 9.08. The van der Waals surface area contributed by atoms with Crippen LogP contribution in [0.3, 0.4) is 0 Å². The highest BCUT2D eigenvalue weighted by Crippen LogP contribution is 2.30. The van der Waals surface area contributed by atoms with Gasteiger partial charge in [0.15, 0.2) is 0 Å². The second-order valence-electron chi connectivity index (χ2n) is 3.73. The molecule has 0 amide bonds. The Morgan fingerprint density at radius 3 is 2.59 bits per heavy atom. The summed E-state index contributed by atoms with van der Waals surface area (Å²) in [7, 11) is 3.27. The highest BCUT2D eigenvalue weighted by atomic mass is 16.5. The van der Waals surface area contributed by atoms with E-state index in [-0.39, 0.29) is 12.6 Å². The van der Waals surface area contributed by atoms with Crippen LogP contribution in [0.4, 0.5) is 0 Å². The number of aliphatic hydroxyl groups excluding tert-OH is 1. The number of benzene rings is 1. The van der Waals surface area contributed by atoms with Gasteiger partial charge in [-0.2, -0.15) is 0 Å². The van der Waals surface area contributed by atoms with Crippen LogP contribution in [0.5, 0.6) is 11.5 Å². The van der Waals surface area contributed by atoms with Crippen LogP contribution < -0.4 is 14.8 Å². The van der Waals surface area contributed by atoms with Crippen LogP contribution in [0.25, 0.3) is 0 Å². The largest absolute Gasteiger partial charge is 0.497 e. The molecule has 0 aliphatic carbocycles. The summed E-state index contributed by atoms with van der Waals surface area (Å²) in [6.07, 6.45) is 0.663. The van der Waals surface area contributed by atoms with Gasteiger partial charge >= 0.3 is 0 Å². The number of rotatable bonds is 7. The van der Waals surface area contributed by atoms with E-state index in [0.717, 1.165) is 23.6 Å². The Balaban J connectivity index is 2.99. The van der Waals surface area contributed by atoms with Crippen molar-refractivity contribution < 1.29 is 14.6 Å². The van der Waals surface area contributed by atoms with Crippen LogP contribution in [0, 0.1) is 0 Å². The molecule has 1 unspecified atom stereocenters. The average molecular weight is 239 g/mol. The minimum Gasteiger partial charge on any atom is -0.497 e. The third-order valence-corrected chi connectivity index (χ3v) is 2.68. The Labute approximate surface area is 103 Å². The van der Waals surface area contributed by atoms with Crippen molar-refractivity contribution in [1.29, 1.82) is 0 Å². The quantitative estimate of drug-likeness (QED) is 0.761. The van der Waals surface area contributed by atoms with Gasteiger partial charge in [0.1, 0.15) is 11.5 Å². The number of methoxy groups -OCH3 is 2. The minimum atomic E-state index is 0.103. The van der Waals surface area contributed by atoms with E-state index in [9.17, 15) is 0 Å². The van der Waals surface area contributed by atoms with E-state index in [4.69, 9.17) is 14.6 Å². The van der Waals surface area contributed by atoms with E-state index in [1.165, 1.54) is 0 Å². The Bertz CT molecular complexity index is 335. The number of hydrogen-bond acceptors (Lipinski definition) is 4. The first-order valence-corrected chi connectivity index (χ1v) is 5.83. The van der Waals surface area contributed by atoms with E-state index in [1.807, 2.05) is 25.1 Å². The first-order chi connectivity index (χ1) is 8.26. The van der Waals surface area contributed by atoms with E-state index in [2.05, 4.69) is 5.32 Å². The van der Waals surface area contributed by atoms with Crippen molar-refractivity contribution in [3.05, 3.63) is 23.8 Å². The van der Waals surface area contributed by atoms with Crippen molar-refractivity contribution >= 4 is 0 Å². The van der Waals surface area contributed by atoms with Crippen LogP contribution in [0.1, 0.15) is 24.9 Å². The molecule has 0 heterocycles. The SMILES string of the molecule is CCNC(CCO)c1ccc(OC)cc1OC. The maximum atomic E-state index is 9.08. The molecule has 4 heteroatoms. The van der Waals surface area contributed by atoms with E-state index >= 15 is 0 Å². The first-order valence-electron chi connectivity index (χ1n) is 5.83. The van der Waals surface area contributed by atoms with Crippen molar-refractivity contribution in [1.82, 2.24) is 5.32 Å². The van der Waals surface area contributed by atoms with Gasteiger partial charge in [0.25, 0.3) is 0 Å². The van der Waals surface area contributed by atoms with Gasteiger partial charge in [-0.25, -0.2) is 0 Å². The molecule has 96 valence electrons. The zero-order valence-corrected chi connectivity index (χ0v) is 10.7. The van der Waals surface area contributed by atoms with Gasteiger partial charge in [-0.3, -0.25) is 0 Å². The normalized spacial score (nSPS) is 12.2. The average Bonchev–Trinajstić information content (AvgIpc) is 2.37. The Morgan fingerprint density at radius 1 is 1.29 bits per heavy atom. The summed E-state index contributed by atoms with van der Waals surface area (Å²) in [5.41, 5.74) is 1.05. The van der Waals surface area contributed by atoms with Crippen LogP contribution in [0.2, 0.25) is 0 Å². The summed E-state index contributed by atoms with van der Waals surface area (Å²) < 4.78 is 10.5. The Hall–Kier alpha value is -1.26. The lowest BCUT2D eigenvalue weighted by Crippen LogP contribution is -2.22. The monoisotopic (exact) mass is 239 g/mol. The molecule has 0 bridgehead atoms. The number of ether oxygens (including phenoxy) is 2. The van der Waals surface area contributed by atoms with Crippen molar-refractivity contribution in [2.75, 3.05) is 27.4 Å². The molecule has 0 saturated carbocycles. The summed E-state index contributed by atoms with van der Waals surface area (Å²) >= 11 is 0. The summed E-state index contributed by atoms with van der Waals surface area (Å²) in [5, 5.41) is 12.4. The third-order valence-electron chi connectivity index (χ3n) is 2.68. The van der Waals surface area contributed by atoms with E-state index in [1.54, 1.807) is 14.2 Å². The molecule has 0 aromatic heterocycles. The standard InChI is InChI=1S/C13H21NO3/c1-4-14-12(7-8-15)11-6-5-10(16-2)9-13(11)17-3/h5-6,9,12,14-15H,4,7-8H2,1-3H3. The summed E-state index contributed by atoms with van der Waals surface area (Å²) in [4.78, 5) is 0. The van der Waals surface area contributed by atoms with Crippen molar-refractivity contribution in [2.24, 2.45) is 0 Å². The molecule has 0 spiro atoms. The fraction of sp³-hybridized carbons (Fsp3) is 0.538. The van der Waals surface area contributed by atoms with Gasteiger partial charge in [0.2, 0.25) is 0 Å². The molecule has 0 fully saturated rings. The fourth-order valence-corrected chi connectivity index (χ4v) is 1.85. The molecule has 0 aliphatic rings. The molecular weight excluding hydrogens is 218 g/mol. The zero-order valence-electron chi connectivity index (χ0n) is 10.7. The minimum absolute atomic E-state index is 0.103. The first kappa shape index (κ1) is 13.8. The number of nitrogens with one attached hydrogen (secondary N) is 1. The third kappa shape index (κ3) is 3.61. The van der Waals surface area contributed by atoms with Gasteiger partial charge in [-0.1, -0.05) is 13.0 Å². The Kier molecular flexibility index (Phi) is 5.80. The summed E-state index contributed by atoms with van der Waals surface area (Å²) in [6, 6.07) is 5.84. The topological polar surface area (TPSA) is 50.7 Å². The molecule has 4 nitrogen and oxygen atoms in total. The lowest BCUT2D eigenvalue weighted by atomic mass is 10.0. The van der Waals surface area contributed by atoms with Crippen LogP contribution >= 0.6 is 0 Å². The summed E-state index contributed by atoms with van der Waals surface area (Å²) in [5.74, 6) is 1.55. The second kappa shape index (κ2) is 7.14. The molecular formula is C13H21NO3. The molecule has 0 aliphatic heterocycles. The highest BCUT2D eigenvalue weighted by Gasteiger charge is 2.15. The van der Waals surface area contributed by atoms with E-state index < -0.39 is 0 Å². The smallest absolute Gasteiger partial charge is 0.127 e. The number of aliphatic hydroxyl groups is 1. The molecule has 1 atom stereocenters. The van der Waals surface area contributed by atoms with Gasteiger partial charge in [-0.15, -0.1) is 0 Å². The second-order valence-corrected chi connectivity index (χ2v) is 3.73.